The average Bonchev–Trinajstić information content (AvgIpc) is 3.44. The van der Waals surface area contributed by atoms with E-state index in [1.807, 2.05) is 19.9 Å². The van der Waals surface area contributed by atoms with E-state index in [0.29, 0.717) is 42.5 Å². The molecule has 1 aliphatic heterocycles. The Bertz CT molecular complexity index is 1220. The number of amidine groups is 1. The van der Waals surface area contributed by atoms with Crippen molar-refractivity contribution >= 4 is 29.3 Å². The summed E-state index contributed by atoms with van der Waals surface area (Å²) in [4.78, 5) is 16.1. The molecule has 0 saturated carbocycles. The number of nitrogens with one attached hydrogen (secondary N) is 3. The van der Waals surface area contributed by atoms with Crippen molar-refractivity contribution in [2.45, 2.75) is 13.8 Å². The number of hydrogen-bond donors (Lipinski definition) is 4. The molecule has 0 unspecified atom stereocenters. The fourth-order valence-electron chi connectivity index (χ4n) is 4.00. The highest BCUT2D eigenvalue weighted by atomic mass is 19.1. The Morgan fingerprint density at radius 2 is 2.06 bits per heavy atom. The monoisotopic (exact) mass is 482 g/mol. The Hall–Kier alpha value is -3.70. The lowest BCUT2D eigenvalue weighted by molar-refractivity contribution is 0.147. The lowest BCUT2D eigenvalue weighted by Gasteiger charge is -2.35. The van der Waals surface area contributed by atoms with Gasteiger partial charge in [-0.1, -0.05) is 0 Å². The van der Waals surface area contributed by atoms with Crippen molar-refractivity contribution in [1.82, 2.24) is 25.0 Å². The van der Waals surface area contributed by atoms with Crippen molar-refractivity contribution in [3.05, 3.63) is 53.4 Å². The van der Waals surface area contributed by atoms with Crippen molar-refractivity contribution in [2.75, 3.05) is 51.4 Å². The number of anilines is 1. The molecular weight excluding hydrogens is 451 g/mol. The third kappa shape index (κ3) is 6.06. The number of benzene rings is 1. The average molecular weight is 483 g/mol. The van der Waals surface area contributed by atoms with Crippen LogP contribution in [-0.4, -0.2) is 88.7 Å². The minimum atomic E-state index is -0.416. The number of aryl methyl sites for hydroxylation is 2. The molecule has 1 saturated heterocycles. The first kappa shape index (κ1) is 24.4. The maximum absolute atomic E-state index is 14.9. The highest BCUT2D eigenvalue weighted by Crippen LogP contribution is 2.27. The number of β-amino-alcohol motifs (C(OH)–C–C–N with tert-alkyl or cyclic N) is 1. The number of hydrogen-bond acceptors (Lipinski definition) is 7. The van der Waals surface area contributed by atoms with Crippen molar-refractivity contribution in [1.29, 1.82) is 0 Å². The largest absolute Gasteiger partial charge is 0.468 e. The van der Waals surface area contributed by atoms with E-state index < -0.39 is 5.82 Å². The smallest absolute Gasteiger partial charge is 0.181 e. The number of piperazine rings is 1. The Labute approximate surface area is 203 Å². The lowest BCUT2D eigenvalue weighted by atomic mass is 10.2. The van der Waals surface area contributed by atoms with E-state index >= 15 is 0 Å². The normalized spacial score (nSPS) is 15.6. The number of halogens is 1. The number of aliphatic hydroxyl groups is 1. The Morgan fingerprint density at radius 3 is 2.74 bits per heavy atom. The van der Waals surface area contributed by atoms with Crippen LogP contribution in [0.3, 0.4) is 0 Å². The number of nitrogens with zero attached hydrogens (tertiary/aromatic N) is 5. The summed E-state index contributed by atoms with van der Waals surface area (Å²) in [6, 6.07) is 7.01. The number of rotatable bonds is 9. The molecule has 186 valence electrons. The van der Waals surface area contributed by atoms with Crippen LogP contribution in [0.2, 0.25) is 0 Å². The van der Waals surface area contributed by atoms with Gasteiger partial charge in [0.2, 0.25) is 0 Å². The van der Waals surface area contributed by atoms with Gasteiger partial charge in [0.25, 0.3) is 0 Å². The number of aliphatic imine (C=N–C) groups is 2. The van der Waals surface area contributed by atoms with E-state index in [1.54, 1.807) is 24.3 Å². The molecule has 35 heavy (non-hydrogen) atoms. The van der Waals surface area contributed by atoms with Crippen LogP contribution in [-0.2, 0) is 0 Å². The minimum absolute atomic E-state index is 0.0690. The summed E-state index contributed by atoms with van der Waals surface area (Å²) in [6.45, 7) is 11.1. The minimum Gasteiger partial charge on any atom is -0.468 e. The molecule has 4 rings (SSSR count). The molecule has 3 heterocycles. The SMILES string of the molecule is C=N/C(=C\C(=N/COc1ccc2[nH]c(C)cc2c1F)N1CCN(CCO)CC1)Nc1cc(C)[nH]n1. The van der Waals surface area contributed by atoms with Gasteiger partial charge in [-0.25, -0.2) is 14.4 Å². The number of aromatic amines is 2. The van der Waals surface area contributed by atoms with Crippen molar-refractivity contribution in [2.24, 2.45) is 9.98 Å². The summed E-state index contributed by atoms with van der Waals surface area (Å²) in [6.07, 6.45) is 1.77. The zero-order valence-electron chi connectivity index (χ0n) is 20.0. The summed E-state index contributed by atoms with van der Waals surface area (Å²) >= 11 is 0. The Balaban J connectivity index is 1.53. The highest BCUT2D eigenvalue weighted by Gasteiger charge is 2.19. The third-order valence-corrected chi connectivity index (χ3v) is 5.79. The van der Waals surface area contributed by atoms with Crippen molar-refractivity contribution < 1.29 is 14.2 Å². The zero-order valence-corrected chi connectivity index (χ0v) is 20.0. The molecule has 1 aromatic carbocycles. The Morgan fingerprint density at radius 1 is 1.26 bits per heavy atom. The van der Waals surface area contributed by atoms with Gasteiger partial charge in [-0.2, -0.15) is 5.10 Å². The molecular formula is C24H31FN8O2. The predicted molar refractivity (Wildman–Crippen MR) is 136 cm³/mol. The van der Waals surface area contributed by atoms with Crippen LogP contribution in [0, 0.1) is 19.7 Å². The van der Waals surface area contributed by atoms with Gasteiger partial charge < -0.3 is 25.0 Å². The number of H-pyrrole nitrogens is 2. The van der Waals surface area contributed by atoms with Gasteiger partial charge >= 0.3 is 0 Å². The molecule has 4 N–H and O–H groups in total. The molecule has 1 fully saturated rings. The van der Waals surface area contributed by atoms with E-state index in [1.165, 1.54) is 0 Å². The lowest BCUT2D eigenvalue weighted by Crippen LogP contribution is -2.49. The summed E-state index contributed by atoms with van der Waals surface area (Å²) in [7, 11) is 0. The third-order valence-electron chi connectivity index (χ3n) is 5.79. The highest BCUT2D eigenvalue weighted by molar-refractivity contribution is 5.94. The second-order valence-corrected chi connectivity index (χ2v) is 8.38. The zero-order chi connectivity index (χ0) is 24.8. The first-order chi connectivity index (χ1) is 17.0. The van der Waals surface area contributed by atoms with Crippen LogP contribution in [0.25, 0.3) is 10.9 Å². The van der Waals surface area contributed by atoms with Crippen LogP contribution < -0.4 is 10.1 Å². The number of fused-ring (bicyclic) bond motifs is 1. The van der Waals surface area contributed by atoms with E-state index in [4.69, 9.17) is 4.74 Å². The topological polar surface area (TPSA) is 117 Å². The van der Waals surface area contributed by atoms with E-state index in [-0.39, 0.29) is 19.1 Å². The fourth-order valence-corrected chi connectivity index (χ4v) is 4.00. The van der Waals surface area contributed by atoms with Gasteiger partial charge in [0.05, 0.1) is 6.61 Å². The van der Waals surface area contributed by atoms with E-state index in [0.717, 1.165) is 30.0 Å². The van der Waals surface area contributed by atoms with Gasteiger partial charge in [0.1, 0.15) is 11.7 Å². The molecule has 0 spiro atoms. The van der Waals surface area contributed by atoms with Gasteiger partial charge in [-0.05, 0) is 38.8 Å². The molecule has 0 amide bonds. The molecule has 2 aromatic heterocycles. The van der Waals surface area contributed by atoms with Crippen LogP contribution >= 0.6 is 0 Å². The van der Waals surface area contributed by atoms with E-state index in [9.17, 15) is 9.50 Å². The molecule has 0 aliphatic carbocycles. The summed E-state index contributed by atoms with van der Waals surface area (Å²) in [5.41, 5.74) is 2.52. The molecule has 0 atom stereocenters. The molecule has 0 radical (unpaired) electrons. The summed E-state index contributed by atoms with van der Waals surface area (Å²) < 4.78 is 20.6. The van der Waals surface area contributed by atoms with Gasteiger partial charge in [0.15, 0.2) is 24.1 Å². The quantitative estimate of drug-likeness (QED) is 0.275. The maximum Gasteiger partial charge on any atom is 0.181 e. The Kier molecular flexibility index (Phi) is 7.78. The summed E-state index contributed by atoms with van der Waals surface area (Å²) in [5.74, 6) is 1.45. The van der Waals surface area contributed by atoms with E-state index in [2.05, 4.69) is 47.0 Å². The first-order valence-corrected chi connectivity index (χ1v) is 11.5. The first-order valence-electron chi connectivity index (χ1n) is 11.5. The van der Waals surface area contributed by atoms with Gasteiger partial charge in [0, 0.05) is 67.2 Å². The molecule has 1 aliphatic rings. The molecule has 0 bridgehead atoms. The van der Waals surface area contributed by atoms with Crippen molar-refractivity contribution in [3.63, 3.8) is 0 Å². The van der Waals surface area contributed by atoms with Crippen LogP contribution in [0.15, 0.2) is 46.1 Å². The van der Waals surface area contributed by atoms with Crippen LogP contribution in [0.5, 0.6) is 5.75 Å². The molecule has 10 nitrogen and oxygen atoms in total. The fraction of sp³-hybridized carbons (Fsp3) is 0.375. The second kappa shape index (κ2) is 11.2. The maximum atomic E-state index is 14.9. The second-order valence-electron chi connectivity index (χ2n) is 8.38. The van der Waals surface area contributed by atoms with Crippen molar-refractivity contribution in [3.8, 4) is 5.75 Å². The molecule has 3 aromatic rings. The summed E-state index contributed by atoms with van der Waals surface area (Å²) in [5, 5.41) is 19.9. The molecule has 11 heteroatoms. The van der Waals surface area contributed by atoms with Gasteiger partial charge in [-0.3, -0.25) is 10.00 Å². The van der Waals surface area contributed by atoms with Gasteiger partial charge in [-0.15, -0.1) is 0 Å². The van der Waals surface area contributed by atoms with Crippen LogP contribution in [0.4, 0.5) is 10.2 Å². The number of aliphatic hydroxyl groups excluding tert-OH is 1. The predicted octanol–water partition coefficient (Wildman–Crippen LogP) is 2.65. The number of ether oxygens (including phenoxy) is 1. The van der Waals surface area contributed by atoms with Crippen LogP contribution in [0.1, 0.15) is 11.4 Å². The number of aromatic nitrogens is 3. The standard InChI is InChI=1S/C24H31FN8O2/c1-16-12-18-19(28-16)4-5-20(24(18)25)35-15-27-23(33-8-6-32(7-9-33)10-11-34)14-21(26-3)29-22-13-17(2)30-31-22/h4-5,12-14,28,34H,3,6-11,15H2,1-2H3,(H2,29,30,31)/b21-14+,27-23+.